The van der Waals surface area contributed by atoms with Gasteiger partial charge >= 0.3 is 0 Å². The number of ether oxygens (including phenoxy) is 1. The van der Waals surface area contributed by atoms with Crippen molar-refractivity contribution in [1.82, 2.24) is 0 Å². The number of hydrogen-bond donors (Lipinski definition) is 1. The Morgan fingerprint density at radius 2 is 2.08 bits per heavy atom. The van der Waals surface area contributed by atoms with E-state index in [0.29, 0.717) is 6.61 Å². The van der Waals surface area contributed by atoms with Crippen LogP contribution in [-0.4, -0.2) is 12.5 Å². The summed E-state index contributed by atoms with van der Waals surface area (Å²) >= 11 is 1.65. The van der Waals surface area contributed by atoms with Crippen LogP contribution in [-0.2, 0) is 24.2 Å². The first-order valence-electron chi connectivity index (χ1n) is 8.87. The molecule has 2 aliphatic carbocycles. The molecule has 0 saturated heterocycles. The number of carbonyl (C=O) groups excluding carboxylic acids is 1. The van der Waals surface area contributed by atoms with Gasteiger partial charge in [0.1, 0.15) is 0 Å². The number of amides is 1. The Bertz CT molecular complexity index is 709. The van der Waals surface area contributed by atoms with Gasteiger partial charge < -0.3 is 10.1 Å². The third-order valence-corrected chi connectivity index (χ3v) is 5.96. The summed E-state index contributed by atoms with van der Waals surface area (Å²) in [4.78, 5) is 14.8. The molecule has 2 aliphatic rings. The summed E-state index contributed by atoms with van der Waals surface area (Å²) in [7, 11) is 0. The summed E-state index contributed by atoms with van der Waals surface area (Å²) in [5.41, 5.74) is 3.33. The lowest BCUT2D eigenvalue weighted by atomic mass is 9.99. The fourth-order valence-electron chi connectivity index (χ4n) is 3.16. The van der Waals surface area contributed by atoms with Crippen LogP contribution in [0.2, 0.25) is 0 Å². The molecule has 2 aromatic rings. The first-order chi connectivity index (χ1) is 11.8. The molecule has 1 fully saturated rings. The van der Waals surface area contributed by atoms with Crippen LogP contribution in [0, 0.1) is 5.92 Å². The van der Waals surface area contributed by atoms with Crippen LogP contribution in [0.3, 0.4) is 0 Å². The molecule has 1 amide bonds. The summed E-state index contributed by atoms with van der Waals surface area (Å²) in [6.45, 7) is 1.48. The zero-order valence-electron chi connectivity index (χ0n) is 13.8. The van der Waals surface area contributed by atoms with E-state index in [1.54, 1.807) is 11.3 Å². The van der Waals surface area contributed by atoms with Crippen molar-refractivity contribution in [3.05, 3.63) is 51.2 Å². The van der Waals surface area contributed by atoms with Gasteiger partial charge in [-0.2, -0.15) is 0 Å². The smallest absolute Gasteiger partial charge is 0.265 e. The summed E-state index contributed by atoms with van der Waals surface area (Å²) in [5, 5.41) is 3.04. The second-order valence-electron chi connectivity index (χ2n) is 6.88. The van der Waals surface area contributed by atoms with Gasteiger partial charge in [0.2, 0.25) is 0 Å². The minimum absolute atomic E-state index is 0.00505. The molecule has 1 saturated carbocycles. The van der Waals surface area contributed by atoms with E-state index < -0.39 is 0 Å². The van der Waals surface area contributed by atoms with Gasteiger partial charge in [0.05, 0.1) is 11.5 Å². The highest BCUT2D eigenvalue weighted by Gasteiger charge is 2.21. The van der Waals surface area contributed by atoms with Gasteiger partial charge in [-0.1, -0.05) is 12.1 Å². The Labute approximate surface area is 147 Å². The topological polar surface area (TPSA) is 38.3 Å². The maximum Gasteiger partial charge on any atom is 0.265 e. The zero-order chi connectivity index (χ0) is 16.4. The lowest BCUT2D eigenvalue weighted by molar-refractivity contribution is 0.103. The fourth-order valence-corrected chi connectivity index (χ4v) is 4.31. The molecule has 0 aliphatic heterocycles. The predicted octanol–water partition coefficient (Wildman–Crippen LogP) is 4.81. The molecular formula is C20H23NO2S. The normalized spacial score (nSPS) is 16.7. The van der Waals surface area contributed by atoms with Crippen molar-refractivity contribution in [2.45, 2.75) is 45.1 Å². The van der Waals surface area contributed by atoms with Crippen molar-refractivity contribution < 1.29 is 9.53 Å². The number of aryl methyl sites for hydroxylation is 2. The third kappa shape index (κ3) is 3.87. The Balaban J connectivity index is 1.38. The first kappa shape index (κ1) is 15.9. The lowest BCUT2D eigenvalue weighted by Gasteiger charge is -2.08. The number of thiophene rings is 1. The van der Waals surface area contributed by atoms with Crippen LogP contribution in [0.5, 0.6) is 0 Å². The lowest BCUT2D eigenvalue weighted by Crippen LogP contribution is -2.10. The number of fused-ring (bicyclic) bond motifs is 1. The zero-order valence-corrected chi connectivity index (χ0v) is 14.7. The molecule has 0 bridgehead atoms. The molecule has 3 nitrogen and oxygen atoms in total. The number of nitrogens with one attached hydrogen (secondary N) is 1. The molecule has 1 N–H and O–H groups in total. The number of hydrogen-bond acceptors (Lipinski definition) is 3. The van der Waals surface area contributed by atoms with E-state index in [1.807, 2.05) is 24.3 Å². The largest absolute Gasteiger partial charge is 0.376 e. The van der Waals surface area contributed by atoms with E-state index >= 15 is 0 Å². The third-order valence-electron chi connectivity index (χ3n) is 4.72. The maximum absolute atomic E-state index is 12.5. The molecule has 1 aromatic heterocycles. The quantitative estimate of drug-likeness (QED) is 0.819. The van der Waals surface area contributed by atoms with Crippen LogP contribution in [0.25, 0.3) is 0 Å². The monoisotopic (exact) mass is 341 g/mol. The number of carbonyl (C=O) groups is 1. The van der Waals surface area contributed by atoms with Crippen molar-refractivity contribution in [3.63, 3.8) is 0 Å². The molecule has 0 atom stereocenters. The Morgan fingerprint density at radius 1 is 1.21 bits per heavy atom. The van der Waals surface area contributed by atoms with Gasteiger partial charge in [0.15, 0.2) is 0 Å². The standard InChI is InChI=1S/C20H23NO2S/c22-20(19-11-16-5-1-2-7-18(16)24-19)21-17-6-3-4-15(10-17)13-23-12-14-8-9-14/h3-4,6,10-11,14H,1-2,5,7-9,12-13H2,(H,21,22). The molecule has 0 spiro atoms. The molecule has 0 unspecified atom stereocenters. The van der Waals surface area contributed by atoms with E-state index in [-0.39, 0.29) is 5.91 Å². The Hall–Kier alpha value is -1.65. The maximum atomic E-state index is 12.5. The van der Waals surface area contributed by atoms with Gasteiger partial charge in [0, 0.05) is 17.2 Å². The summed E-state index contributed by atoms with van der Waals surface area (Å²) in [6.07, 6.45) is 7.35. The highest BCUT2D eigenvalue weighted by atomic mass is 32.1. The van der Waals surface area contributed by atoms with Crippen LogP contribution in [0.15, 0.2) is 30.3 Å². The minimum atomic E-state index is 0.00505. The van der Waals surface area contributed by atoms with Crippen LogP contribution in [0.4, 0.5) is 5.69 Å². The SMILES string of the molecule is O=C(Nc1cccc(COCC2CC2)c1)c1cc2c(s1)CCCC2. The Morgan fingerprint density at radius 3 is 2.92 bits per heavy atom. The number of rotatable bonds is 6. The van der Waals surface area contributed by atoms with Crippen molar-refractivity contribution in [3.8, 4) is 0 Å². The number of anilines is 1. The average molecular weight is 341 g/mol. The summed E-state index contributed by atoms with van der Waals surface area (Å²) < 4.78 is 5.73. The molecule has 1 heterocycles. The molecular weight excluding hydrogens is 318 g/mol. The van der Waals surface area contributed by atoms with Crippen LogP contribution >= 0.6 is 11.3 Å². The molecule has 4 rings (SSSR count). The molecule has 0 radical (unpaired) electrons. The predicted molar refractivity (Wildman–Crippen MR) is 97.7 cm³/mol. The van der Waals surface area contributed by atoms with Crippen LogP contribution in [0.1, 0.15) is 51.4 Å². The number of benzene rings is 1. The van der Waals surface area contributed by atoms with E-state index in [0.717, 1.165) is 41.5 Å². The minimum Gasteiger partial charge on any atom is -0.376 e. The second-order valence-corrected chi connectivity index (χ2v) is 8.02. The highest BCUT2D eigenvalue weighted by Crippen LogP contribution is 2.30. The highest BCUT2D eigenvalue weighted by molar-refractivity contribution is 7.14. The van der Waals surface area contributed by atoms with Gasteiger partial charge in [0.25, 0.3) is 5.91 Å². The summed E-state index contributed by atoms with van der Waals surface area (Å²) in [5.74, 6) is 0.781. The fraction of sp³-hybridized carbons (Fsp3) is 0.450. The van der Waals surface area contributed by atoms with Crippen molar-refractivity contribution in [2.75, 3.05) is 11.9 Å². The van der Waals surface area contributed by atoms with Gasteiger partial charge in [-0.05, 0) is 73.8 Å². The first-order valence-corrected chi connectivity index (χ1v) is 9.69. The van der Waals surface area contributed by atoms with E-state index in [9.17, 15) is 4.79 Å². The summed E-state index contributed by atoms with van der Waals surface area (Å²) in [6, 6.07) is 10.1. The van der Waals surface area contributed by atoms with Crippen LogP contribution < -0.4 is 5.32 Å². The molecule has 1 aromatic carbocycles. The van der Waals surface area contributed by atoms with Crippen molar-refractivity contribution in [1.29, 1.82) is 0 Å². The average Bonchev–Trinajstić information content (AvgIpc) is 3.31. The van der Waals surface area contributed by atoms with E-state index in [4.69, 9.17) is 4.74 Å². The Kier molecular flexibility index (Phi) is 4.67. The van der Waals surface area contributed by atoms with E-state index in [2.05, 4.69) is 11.4 Å². The van der Waals surface area contributed by atoms with Gasteiger partial charge in [-0.25, -0.2) is 0 Å². The van der Waals surface area contributed by atoms with E-state index in [1.165, 1.54) is 36.1 Å². The molecule has 126 valence electrons. The van der Waals surface area contributed by atoms with Gasteiger partial charge in [-0.15, -0.1) is 11.3 Å². The molecule has 4 heteroatoms. The second kappa shape index (κ2) is 7.08. The van der Waals surface area contributed by atoms with Crippen molar-refractivity contribution in [2.24, 2.45) is 5.92 Å². The molecule has 24 heavy (non-hydrogen) atoms. The van der Waals surface area contributed by atoms with Crippen molar-refractivity contribution >= 4 is 22.9 Å². The van der Waals surface area contributed by atoms with Gasteiger partial charge in [-0.3, -0.25) is 4.79 Å².